The van der Waals surface area contributed by atoms with Gasteiger partial charge in [0.15, 0.2) is 6.29 Å². The van der Waals surface area contributed by atoms with Crippen molar-refractivity contribution >= 4 is 17.9 Å². The predicted octanol–water partition coefficient (Wildman–Crippen LogP) is 1.48. The first-order valence-electron chi connectivity index (χ1n) is 3.74. The minimum absolute atomic E-state index is 0.519. The molecule has 0 N–H and O–H groups in total. The van der Waals surface area contributed by atoms with Gasteiger partial charge in [-0.25, -0.2) is 0 Å². The van der Waals surface area contributed by atoms with Crippen LogP contribution in [0.3, 0.4) is 0 Å². The van der Waals surface area contributed by atoms with Crippen LogP contribution in [0, 0.1) is 0 Å². The fraction of sp³-hybridized carbons (Fsp3) is 0.375. The summed E-state index contributed by atoms with van der Waals surface area (Å²) in [5.74, 6) is 0. The van der Waals surface area contributed by atoms with Gasteiger partial charge in [0.2, 0.25) is 0 Å². The highest BCUT2D eigenvalue weighted by molar-refractivity contribution is 6.32. The maximum Gasteiger partial charge on any atom is 0.168 e. The van der Waals surface area contributed by atoms with Gasteiger partial charge in [0.25, 0.3) is 0 Å². The van der Waals surface area contributed by atoms with Crippen molar-refractivity contribution in [1.82, 2.24) is 4.57 Å². The number of carbonyl (C=O) groups is 1. The standard InChI is InChI=1S/C8H8ClNO2/c9-7-3-6-5-12-2-1-10(6)8(7)4-11/h3-4H,1-2,5H2. The van der Waals surface area contributed by atoms with Crippen molar-refractivity contribution in [2.24, 2.45) is 0 Å². The minimum Gasteiger partial charge on any atom is -0.373 e. The molecule has 0 aromatic carbocycles. The maximum atomic E-state index is 10.6. The van der Waals surface area contributed by atoms with Crippen LogP contribution in [0.5, 0.6) is 0 Å². The summed E-state index contributed by atoms with van der Waals surface area (Å²) in [4.78, 5) is 10.6. The zero-order valence-corrected chi connectivity index (χ0v) is 7.17. The van der Waals surface area contributed by atoms with E-state index in [9.17, 15) is 4.79 Å². The van der Waals surface area contributed by atoms with Crippen LogP contribution in [-0.2, 0) is 17.9 Å². The van der Waals surface area contributed by atoms with Gasteiger partial charge in [-0.15, -0.1) is 0 Å². The van der Waals surface area contributed by atoms with E-state index in [4.69, 9.17) is 16.3 Å². The van der Waals surface area contributed by atoms with Gasteiger partial charge in [-0.1, -0.05) is 11.6 Å². The van der Waals surface area contributed by atoms with Crippen molar-refractivity contribution in [3.63, 3.8) is 0 Å². The van der Waals surface area contributed by atoms with E-state index in [-0.39, 0.29) is 0 Å². The summed E-state index contributed by atoms with van der Waals surface area (Å²) in [5.41, 5.74) is 1.54. The van der Waals surface area contributed by atoms with Crippen molar-refractivity contribution in [2.75, 3.05) is 6.61 Å². The number of aldehydes is 1. The van der Waals surface area contributed by atoms with Crippen molar-refractivity contribution < 1.29 is 9.53 Å². The van der Waals surface area contributed by atoms with Crippen LogP contribution in [-0.4, -0.2) is 17.5 Å². The maximum absolute atomic E-state index is 10.6. The van der Waals surface area contributed by atoms with Gasteiger partial charge in [-0.3, -0.25) is 4.79 Å². The predicted molar refractivity (Wildman–Crippen MR) is 44.5 cm³/mol. The third kappa shape index (κ3) is 1.06. The van der Waals surface area contributed by atoms with Crippen LogP contribution in [0.4, 0.5) is 0 Å². The second-order valence-corrected chi connectivity index (χ2v) is 3.10. The van der Waals surface area contributed by atoms with E-state index in [0.717, 1.165) is 18.5 Å². The van der Waals surface area contributed by atoms with Crippen LogP contribution in [0.2, 0.25) is 5.02 Å². The Labute approximate surface area is 74.9 Å². The molecular weight excluding hydrogens is 178 g/mol. The molecule has 4 heteroatoms. The molecule has 0 fully saturated rings. The molecule has 3 nitrogen and oxygen atoms in total. The Morgan fingerprint density at radius 2 is 2.50 bits per heavy atom. The molecule has 1 aromatic rings. The molecule has 0 spiro atoms. The first kappa shape index (κ1) is 7.83. The minimum atomic E-state index is 0.519. The Bertz CT molecular complexity index is 319. The Morgan fingerprint density at radius 3 is 3.25 bits per heavy atom. The lowest BCUT2D eigenvalue weighted by Gasteiger charge is -2.16. The van der Waals surface area contributed by atoms with Gasteiger partial charge >= 0.3 is 0 Å². The highest BCUT2D eigenvalue weighted by Gasteiger charge is 2.15. The van der Waals surface area contributed by atoms with E-state index < -0.39 is 0 Å². The second-order valence-electron chi connectivity index (χ2n) is 2.69. The van der Waals surface area contributed by atoms with Gasteiger partial charge in [-0.2, -0.15) is 0 Å². The number of nitrogens with zero attached hydrogens (tertiary/aromatic N) is 1. The zero-order valence-electron chi connectivity index (χ0n) is 6.42. The van der Waals surface area contributed by atoms with Crippen LogP contribution >= 0.6 is 11.6 Å². The van der Waals surface area contributed by atoms with Gasteiger partial charge in [0.1, 0.15) is 5.69 Å². The molecule has 64 valence electrons. The van der Waals surface area contributed by atoms with E-state index in [0.29, 0.717) is 23.9 Å². The van der Waals surface area contributed by atoms with E-state index in [2.05, 4.69) is 0 Å². The molecular formula is C8H8ClNO2. The summed E-state index contributed by atoms with van der Waals surface area (Å²) in [5, 5.41) is 0.519. The summed E-state index contributed by atoms with van der Waals surface area (Å²) in [6, 6.07) is 1.78. The second kappa shape index (κ2) is 2.92. The fourth-order valence-corrected chi connectivity index (χ4v) is 1.69. The summed E-state index contributed by atoms with van der Waals surface area (Å²) in [6.07, 6.45) is 0.789. The van der Waals surface area contributed by atoms with E-state index >= 15 is 0 Å². The lowest BCUT2D eigenvalue weighted by Crippen LogP contribution is -2.17. The third-order valence-electron chi connectivity index (χ3n) is 2.00. The molecule has 0 bridgehead atoms. The highest BCUT2D eigenvalue weighted by Crippen LogP contribution is 2.22. The molecule has 1 aromatic heterocycles. The molecule has 0 amide bonds. The van der Waals surface area contributed by atoms with Crippen molar-refractivity contribution in [3.05, 3.63) is 22.5 Å². The first-order valence-corrected chi connectivity index (χ1v) is 4.11. The molecule has 0 atom stereocenters. The Morgan fingerprint density at radius 1 is 1.67 bits per heavy atom. The normalized spacial score (nSPS) is 15.8. The molecule has 0 saturated heterocycles. The Kier molecular flexibility index (Phi) is 1.90. The van der Waals surface area contributed by atoms with Crippen LogP contribution in [0.15, 0.2) is 6.07 Å². The Hall–Kier alpha value is -0.800. The van der Waals surface area contributed by atoms with E-state index in [1.54, 1.807) is 6.07 Å². The molecule has 12 heavy (non-hydrogen) atoms. The molecule has 2 rings (SSSR count). The zero-order chi connectivity index (χ0) is 8.55. The van der Waals surface area contributed by atoms with Crippen molar-refractivity contribution in [1.29, 1.82) is 0 Å². The molecule has 0 aliphatic carbocycles. The molecule has 0 saturated carbocycles. The van der Waals surface area contributed by atoms with Gasteiger partial charge in [0, 0.05) is 12.2 Å². The monoisotopic (exact) mass is 185 g/mol. The number of hydrogen-bond donors (Lipinski definition) is 0. The summed E-state index contributed by atoms with van der Waals surface area (Å²) in [7, 11) is 0. The molecule has 0 unspecified atom stereocenters. The van der Waals surface area contributed by atoms with Gasteiger partial charge in [-0.05, 0) is 6.07 Å². The summed E-state index contributed by atoms with van der Waals surface area (Å²) >= 11 is 5.83. The largest absolute Gasteiger partial charge is 0.373 e. The molecule has 1 aliphatic heterocycles. The van der Waals surface area contributed by atoms with E-state index in [1.165, 1.54) is 0 Å². The Balaban J connectivity index is 2.53. The third-order valence-corrected chi connectivity index (χ3v) is 2.30. The number of carbonyl (C=O) groups excluding carboxylic acids is 1. The smallest absolute Gasteiger partial charge is 0.168 e. The first-order chi connectivity index (χ1) is 5.83. The molecule has 1 aliphatic rings. The van der Waals surface area contributed by atoms with Crippen LogP contribution in [0.25, 0.3) is 0 Å². The SMILES string of the molecule is O=Cc1c(Cl)cc2n1CCOC2. The molecule has 2 heterocycles. The van der Waals surface area contributed by atoms with Gasteiger partial charge < -0.3 is 9.30 Å². The summed E-state index contributed by atoms with van der Waals surface area (Å²) < 4.78 is 7.11. The average molecular weight is 186 g/mol. The number of rotatable bonds is 1. The van der Waals surface area contributed by atoms with Crippen molar-refractivity contribution in [2.45, 2.75) is 13.2 Å². The quantitative estimate of drug-likeness (QED) is 0.621. The topological polar surface area (TPSA) is 31.2 Å². The number of fused-ring (bicyclic) bond motifs is 1. The van der Waals surface area contributed by atoms with Crippen molar-refractivity contribution in [3.8, 4) is 0 Å². The lowest BCUT2D eigenvalue weighted by molar-refractivity contribution is 0.0832. The number of ether oxygens (including phenoxy) is 1. The number of halogens is 1. The fourth-order valence-electron chi connectivity index (χ4n) is 1.42. The lowest BCUT2D eigenvalue weighted by atomic mass is 10.4. The van der Waals surface area contributed by atoms with Gasteiger partial charge in [0.05, 0.1) is 18.2 Å². The number of aromatic nitrogens is 1. The molecule has 0 radical (unpaired) electrons. The number of hydrogen-bond acceptors (Lipinski definition) is 2. The summed E-state index contributed by atoms with van der Waals surface area (Å²) in [6.45, 7) is 1.92. The van der Waals surface area contributed by atoms with Crippen LogP contribution in [0.1, 0.15) is 16.2 Å². The highest BCUT2D eigenvalue weighted by atomic mass is 35.5. The average Bonchev–Trinajstić information content (AvgIpc) is 2.40. The van der Waals surface area contributed by atoms with E-state index in [1.807, 2.05) is 4.57 Å². The van der Waals surface area contributed by atoms with Crippen LogP contribution < -0.4 is 0 Å².